The summed E-state index contributed by atoms with van der Waals surface area (Å²) in [5, 5.41) is 13.0. The summed E-state index contributed by atoms with van der Waals surface area (Å²) in [7, 11) is 2.36. The van der Waals surface area contributed by atoms with Gasteiger partial charge in [-0.3, -0.25) is 0 Å². The number of ether oxygens (including phenoxy) is 1. The van der Waals surface area contributed by atoms with E-state index in [0.717, 1.165) is 27.8 Å². The van der Waals surface area contributed by atoms with Crippen LogP contribution in [0.4, 0.5) is 0 Å². The van der Waals surface area contributed by atoms with E-state index in [2.05, 4.69) is 134 Å². The van der Waals surface area contributed by atoms with Crippen LogP contribution in [-0.4, -0.2) is 17.5 Å². The van der Waals surface area contributed by atoms with Crippen LogP contribution in [0.1, 0.15) is 48.6 Å². The van der Waals surface area contributed by atoms with Gasteiger partial charge in [0, 0.05) is 15.4 Å². The van der Waals surface area contributed by atoms with E-state index in [4.69, 9.17) is 9.26 Å². The lowest BCUT2D eigenvalue weighted by molar-refractivity contribution is -0.143. The lowest BCUT2D eigenvalue weighted by Crippen LogP contribution is -2.55. The molecule has 0 spiro atoms. The van der Waals surface area contributed by atoms with E-state index >= 15 is 0 Å². The van der Waals surface area contributed by atoms with Crippen molar-refractivity contribution in [3.05, 3.63) is 192 Å². The Morgan fingerprint density at radius 2 is 0.978 bits per heavy atom. The molecule has 0 bridgehead atoms. The standard InChI is InChI=1S/C42H43O3P/c1-31-37(30-44-41(34-24-14-7-15-25-34,35-26-16-8-17-27-35)36-28-18-9-19-29-36)38(39(2,3)4)40(42(31,43)45-46,32-20-10-5-11-21-32)33-22-12-6-13-23-33/h5-29,37-38,43H,1,30,46H2,2-4H3/t37-,38-,42+/m0/s1. The predicted molar refractivity (Wildman–Crippen MR) is 190 cm³/mol. The third-order valence-corrected chi connectivity index (χ3v) is 10.2. The van der Waals surface area contributed by atoms with Gasteiger partial charge in [0.1, 0.15) is 5.60 Å². The first kappa shape index (κ1) is 32.1. The number of hydrogen-bond acceptors (Lipinski definition) is 3. The van der Waals surface area contributed by atoms with E-state index in [1.807, 2.05) is 54.6 Å². The van der Waals surface area contributed by atoms with Crippen LogP contribution >= 0.6 is 9.47 Å². The Morgan fingerprint density at radius 3 is 1.30 bits per heavy atom. The molecule has 234 valence electrons. The number of benzene rings is 5. The van der Waals surface area contributed by atoms with Crippen LogP contribution in [0, 0.1) is 17.3 Å². The van der Waals surface area contributed by atoms with Gasteiger partial charge in [-0.25, -0.2) is 0 Å². The first-order chi connectivity index (χ1) is 22.2. The molecule has 1 aliphatic carbocycles. The average molecular weight is 627 g/mol. The van der Waals surface area contributed by atoms with Crippen LogP contribution in [0.5, 0.6) is 0 Å². The fourth-order valence-electron chi connectivity index (χ4n) is 8.14. The highest BCUT2D eigenvalue weighted by Gasteiger charge is 2.70. The fourth-order valence-corrected chi connectivity index (χ4v) is 8.48. The molecule has 1 saturated carbocycles. The Kier molecular flexibility index (Phi) is 8.89. The van der Waals surface area contributed by atoms with Gasteiger partial charge in [-0.15, -0.1) is 0 Å². The topological polar surface area (TPSA) is 38.7 Å². The predicted octanol–water partition coefficient (Wildman–Crippen LogP) is 9.32. The Bertz CT molecular complexity index is 1600. The van der Waals surface area contributed by atoms with Gasteiger partial charge >= 0.3 is 0 Å². The molecular weight excluding hydrogens is 583 g/mol. The van der Waals surface area contributed by atoms with Gasteiger partial charge in [0.25, 0.3) is 0 Å². The summed E-state index contributed by atoms with van der Waals surface area (Å²) in [5.41, 5.74) is 3.39. The Hall–Kier alpha value is -3.85. The van der Waals surface area contributed by atoms with Crippen LogP contribution in [-0.2, 0) is 20.3 Å². The normalized spacial score (nSPS) is 21.3. The van der Waals surface area contributed by atoms with Crippen LogP contribution in [0.3, 0.4) is 0 Å². The fraction of sp³-hybridized carbons (Fsp3) is 0.238. The third-order valence-electron chi connectivity index (χ3n) is 9.87. The lowest BCUT2D eigenvalue weighted by Gasteiger charge is -2.50. The molecule has 1 N–H and O–H groups in total. The molecule has 6 rings (SSSR count). The molecule has 0 saturated heterocycles. The van der Waals surface area contributed by atoms with Crippen molar-refractivity contribution in [3.63, 3.8) is 0 Å². The maximum Gasteiger partial charge on any atom is 0.205 e. The van der Waals surface area contributed by atoms with Gasteiger partial charge in [0.05, 0.1) is 12.0 Å². The molecule has 0 radical (unpaired) electrons. The zero-order valence-corrected chi connectivity index (χ0v) is 28.0. The van der Waals surface area contributed by atoms with Gasteiger partial charge in [0.15, 0.2) is 0 Å². The SMILES string of the molecule is C=C1[C@H](COC(c2ccccc2)(c2ccccc2)c2ccccc2)[C@@H](C(C)(C)C)C(c2ccccc2)(c2ccccc2)[C@]1(O)OP. The second kappa shape index (κ2) is 12.7. The third kappa shape index (κ3) is 5.07. The number of rotatable bonds is 9. The van der Waals surface area contributed by atoms with Crippen molar-refractivity contribution in [2.45, 2.75) is 37.6 Å². The molecule has 1 aliphatic rings. The van der Waals surface area contributed by atoms with Crippen molar-refractivity contribution in [1.82, 2.24) is 0 Å². The van der Waals surface area contributed by atoms with Crippen LogP contribution in [0.15, 0.2) is 164 Å². The zero-order chi connectivity index (χ0) is 32.4. The molecule has 0 heterocycles. The minimum atomic E-state index is -1.75. The van der Waals surface area contributed by atoms with E-state index < -0.39 is 16.8 Å². The molecule has 3 nitrogen and oxygen atoms in total. The molecular formula is C42H43O3P. The Labute approximate surface area is 276 Å². The quantitative estimate of drug-likeness (QED) is 0.0767. The molecule has 0 amide bonds. The van der Waals surface area contributed by atoms with Crippen molar-refractivity contribution in [2.24, 2.45) is 17.3 Å². The maximum atomic E-state index is 13.0. The molecule has 5 aromatic carbocycles. The Morgan fingerprint density at radius 1 is 0.630 bits per heavy atom. The highest BCUT2D eigenvalue weighted by Crippen LogP contribution is 2.66. The number of hydrogen-bond donors (Lipinski definition) is 1. The van der Waals surface area contributed by atoms with Gasteiger partial charge in [-0.1, -0.05) is 179 Å². The van der Waals surface area contributed by atoms with Crippen LogP contribution in [0.25, 0.3) is 0 Å². The Balaban J connectivity index is 1.59. The van der Waals surface area contributed by atoms with E-state index in [9.17, 15) is 5.11 Å². The van der Waals surface area contributed by atoms with Crippen molar-refractivity contribution in [3.8, 4) is 0 Å². The van der Waals surface area contributed by atoms with Crippen molar-refractivity contribution >= 4 is 9.47 Å². The largest absolute Gasteiger partial charge is 0.361 e. The molecule has 1 fully saturated rings. The van der Waals surface area contributed by atoms with Crippen molar-refractivity contribution in [1.29, 1.82) is 0 Å². The minimum Gasteiger partial charge on any atom is -0.361 e. The van der Waals surface area contributed by atoms with Crippen LogP contribution in [0.2, 0.25) is 0 Å². The summed E-state index contributed by atoms with van der Waals surface area (Å²) in [6.07, 6.45) is 0. The molecule has 1 unspecified atom stereocenters. The maximum absolute atomic E-state index is 13.0. The summed E-state index contributed by atoms with van der Waals surface area (Å²) in [5.74, 6) is -2.22. The second-order valence-electron chi connectivity index (χ2n) is 13.4. The van der Waals surface area contributed by atoms with Crippen LogP contribution < -0.4 is 0 Å². The summed E-state index contributed by atoms with van der Waals surface area (Å²) in [4.78, 5) is 0. The van der Waals surface area contributed by atoms with Gasteiger partial charge in [0.2, 0.25) is 5.79 Å². The van der Waals surface area contributed by atoms with Crippen molar-refractivity contribution < 1.29 is 14.4 Å². The van der Waals surface area contributed by atoms with E-state index in [-0.39, 0.29) is 23.9 Å². The number of aliphatic hydroxyl groups is 1. The smallest absolute Gasteiger partial charge is 0.205 e. The average Bonchev–Trinajstić information content (AvgIpc) is 3.31. The molecule has 0 aromatic heterocycles. The first-order valence-electron chi connectivity index (χ1n) is 15.9. The van der Waals surface area contributed by atoms with Gasteiger partial charge < -0.3 is 14.4 Å². The summed E-state index contributed by atoms with van der Waals surface area (Å²) >= 11 is 0. The molecule has 5 aromatic rings. The molecule has 4 atom stereocenters. The summed E-state index contributed by atoms with van der Waals surface area (Å²) in [6, 6.07) is 51.7. The van der Waals surface area contributed by atoms with E-state index in [0.29, 0.717) is 5.57 Å². The highest BCUT2D eigenvalue weighted by atomic mass is 31.0. The zero-order valence-electron chi connectivity index (χ0n) is 26.8. The molecule has 4 heteroatoms. The highest BCUT2D eigenvalue weighted by molar-refractivity contribution is 7.09. The lowest BCUT2D eigenvalue weighted by atomic mass is 9.56. The first-order valence-corrected chi connectivity index (χ1v) is 16.4. The monoisotopic (exact) mass is 626 g/mol. The second-order valence-corrected chi connectivity index (χ2v) is 13.6. The molecule has 0 aliphatic heterocycles. The van der Waals surface area contributed by atoms with Gasteiger partial charge in [-0.05, 0) is 44.7 Å². The van der Waals surface area contributed by atoms with E-state index in [1.54, 1.807) is 0 Å². The van der Waals surface area contributed by atoms with Gasteiger partial charge in [-0.2, -0.15) is 0 Å². The minimum absolute atomic E-state index is 0.178. The summed E-state index contributed by atoms with van der Waals surface area (Å²) < 4.78 is 13.6. The summed E-state index contributed by atoms with van der Waals surface area (Å²) in [6.45, 7) is 11.6. The van der Waals surface area contributed by atoms with Crippen molar-refractivity contribution in [2.75, 3.05) is 6.61 Å². The molecule has 46 heavy (non-hydrogen) atoms. The van der Waals surface area contributed by atoms with E-state index in [1.165, 1.54) is 0 Å².